The molecule has 0 aliphatic heterocycles. The van der Waals surface area contributed by atoms with Gasteiger partial charge in [0.2, 0.25) is 0 Å². The Bertz CT molecular complexity index is 523. The molecule has 3 nitrogen and oxygen atoms in total. The molecule has 0 spiro atoms. The van der Waals surface area contributed by atoms with Gasteiger partial charge in [-0.2, -0.15) is 0 Å². The normalized spacial score (nSPS) is 12.3. The molecule has 0 aliphatic carbocycles. The van der Waals surface area contributed by atoms with Crippen molar-refractivity contribution in [3.8, 4) is 0 Å². The van der Waals surface area contributed by atoms with E-state index in [1.165, 1.54) is 108 Å². The van der Waals surface area contributed by atoms with Crippen LogP contribution in [-0.2, 0) is 16.1 Å². The van der Waals surface area contributed by atoms with Gasteiger partial charge in [-0.05, 0) is 24.1 Å². The molecule has 32 heavy (non-hydrogen) atoms. The second-order valence-corrected chi connectivity index (χ2v) is 9.12. The van der Waals surface area contributed by atoms with Crippen molar-refractivity contribution in [2.75, 3.05) is 19.8 Å². The van der Waals surface area contributed by atoms with Crippen LogP contribution in [0.25, 0.3) is 0 Å². The number of benzene rings is 1. The van der Waals surface area contributed by atoms with Gasteiger partial charge in [0.1, 0.15) is 11.9 Å². The lowest BCUT2D eigenvalue weighted by Gasteiger charge is -2.16. The van der Waals surface area contributed by atoms with Gasteiger partial charge in [-0.15, -0.1) is 0 Å². The van der Waals surface area contributed by atoms with E-state index in [2.05, 4.69) is 6.92 Å². The molecule has 0 radical (unpaired) electrons. The summed E-state index contributed by atoms with van der Waals surface area (Å²) >= 11 is 0. The molecular weight excluding hydrogens is 403 g/mol. The fourth-order valence-corrected chi connectivity index (χ4v) is 3.96. The summed E-state index contributed by atoms with van der Waals surface area (Å²) in [6, 6.07) is 6.34. The van der Waals surface area contributed by atoms with Crippen LogP contribution in [0.4, 0.5) is 4.39 Å². The first-order valence-corrected chi connectivity index (χ1v) is 13.3. The van der Waals surface area contributed by atoms with Crippen molar-refractivity contribution in [1.82, 2.24) is 0 Å². The molecule has 1 aromatic rings. The monoisotopic (exact) mass is 452 g/mol. The van der Waals surface area contributed by atoms with E-state index in [4.69, 9.17) is 9.47 Å². The van der Waals surface area contributed by atoms with Crippen LogP contribution in [0.2, 0.25) is 0 Å². The molecule has 0 unspecified atom stereocenters. The molecule has 0 saturated carbocycles. The first-order valence-electron chi connectivity index (χ1n) is 13.3. The Morgan fingerprint density at radius 2 is 1.31 bits per heavy atom. The second kappa shape index (κ2) is 21.9. The maximum Gasteiger partial charge on any atom is 0.123 e. The Morgan fingerprint density at radius 1 is 0.781 bits per heavy atom. The number of rotatable bonds is 23. The smallest absolute Gasteiger partial charge is 0.123 e. The average molecular weight is 453 g/mol. The Kier molecular flexibility index (Phi) is 19.8. The lowest BCUT2D eigenvalue weighted by Crippen LogP contribution is -2.24. The summed E-state index contributed by atoms with van der Waals surface area (Å²) in [7, 11) is 0. The van der Waals surface area contributed by atoms with E-state index < -0.39 is 0 Å². The summed E-state index contributed by atoms with van der Waals surface area (Å²) in [6.07, 6.45) is 21.4. The summed E-state index contributed by atoms with van der Waals surface area (Å²) in [5.74, 6) is -0.272. The quantitative estimate of drug-likeness (QED) is 0.171. The predicted octanol–water partition coefficient (Wildman–Crippen LogP) is 7.98. The minimum absolute atomic E-state index is 0.0890. The molecule has 0 saturated heterocycles. The van der Waals surface area contributed by atoms with E-state index in [9.17, 15) is 9.50 Å². The number of aliphatic hydroxyl groups excluding tert-OH is 1. The van der Waals surface area contributed by atoms with Crippen LogP contribution in [0.5, 0.6) is 0 Å². The number of hydrogen-bond donors (Lipinski definition) is 1. The summed E-state index contributed by atoms with van der Waals surface area (Å²) in [6.45, 7) is 3.56. The summed E-state index contributed by atoms with van der Waals surface area (Å²) in [5, 5.41) is 9.42. The lowest BCUT2D eigenvalue weighted by atomic mass is 10.0. The topological polar surface area (TPSA) is 38.7 Å². The van der Waals surface area contributed by atoms with Gasteiger partial charge in [0.25, 0.3) is 0 Å². The van der Waals surface area contributed by atoms with Crippen molar-refractivity contribution in [2.45, 2.75) is 122 Å². The molecule has 4 heteroatoms. The fourth-order valence-electron chi connectivity index (χ4n) is 3.96. The van der Waals surface area contributed by atoms with Crippen LogP contribution in [0, 0.1) is 5.82 Å². The number of unbranched alkanes of at least 4 members (excludes halogenated alkanes) is 15. The van der Waals surface area contributed by atoms with Crippen molar-refractivity contribution in [2.24, 2.45) is 0 Å². The van der Waals surface area contributed by atoms with E-state index in [1.807, 2.05) is 6.07 Å². The van der Waals surface area contributed by atoms with E-state index in [0.29, 0.717) is 13.2 Å². The third-order valence-electron chi connectivity index (χ3n) is 6.02. The van der Waals surface area contributed by atoms with Crippen molar-refractivity contribution in [1.29, 1.82) is 0 Å². The van der Waals surface area contributed by atoms with Gasteiger partial charge >= 0.3 is 0 Å². The Hall–Kier alpha value is -0.970. The predicted molar refractivity (Wildman–Crippen MR) is 132 cm³/mol. The molecule has 1 atom stereocenters. The fraction of sp³-hybridized carbons (Fsp3) is 0.786. The zero-order valence-electron chi connectivity index (χ0n) is 20.7. The zero-order valence-corrected chi connectivity index (χ0v) is 20.7. The van der Waals surface area contributed by atoms with E-state index >= 15 is 0 Å². The minimum atomic E-state index is -0.362. The standard InChI is InChI=1S/C28H49FO3/c1-2-3-4-5-6-7-8-9-10-11-12-13-14-15-16-17-21-31-25-28(23-30)32-24-26-19-18-20-27(29)22-26/h18-20,22,28,30H,2-17,21,23-25H2,1H3/t28-/m0/s1. The number of aliphatic hydroxyl groups is 1. The lowest BCUT2D eigenvalue weighted by molar-refractivity contribution is -0.0503. The number of halogens is 1. The second-order valence-electron chi connectivity index (χ2n) is 9.12. The summed E-state index contributed by atoms with van der Waals surface area (Å²) in [4.78, 5) is 0. The number of ether oxygens (including phenoxy) is 2. The molecule has 186 valence electrons. The van der Waals surface area contributed by atoms with E-state index in [0.717, 1.165) is 12.0 Å². The van der Waals surface area contributed by atoms with Gasteiger partial charge in [-0.25, -0.2) is 4.39 Å². The summed E-state index contributed by atoms with van der Waals surface area (Å²) < 4.78 is 24.5. The Balaban J connectivity index is 1.81. The van der Waals surface area contributed by atoms with Gasteiger partial charge < -0.3 is 14.6 Å². The van der Waals surface area contributed by atoms with Gasteiger partial charge in [-0.3, -0.25) is 0 Å². The maximum atomic E-state index is 13.2. The molecule has 0 aromatic heterocycles. The van der Waals surface area contributed by atoms with E-state index in [-0.39, 0.29) is 25.1 Å². The largest absolute Gasteiger partial charge is 0.394 e. The first kappa shape index (κ1) is 29.1. The van der Waals surface area contributed by atoms with Crippen LogP contribution in [0.3, 0.4) is 0 Å². The van der Waals surface area contributed by atoms with Gasteiger partial charge in [0, 0.05) is 6.61 Å². The highest BCUT2D eigenvalue weighted by molar-refractivity contribution is 5.15. The van der Waals surface area contributed by atoms with E-state index in [1.54, 1.807) is 6.07 Å². The average Bonchev–Trinajstić information content (AvgIpc) is 2.80. The minimum Gasteiger partial charge on any atom is -0.394 e. The third kappa shape index (κ3) is 17.6. The van der Waals surface area contributed by atoms with Gasteiger partial charge in [-0.1, -0.05) is 115 Å². The molecule has 0 bridgehead atoms. The van der Waals surface area contributed by atoms with Crippen molar-refractivity contribution >= 4 is 0 Å². The van der Waals surface area contributed by atoms with Crippen molar-refractivity contribution in [3.63, 3.8) is 0 Å². The highest BCUT2D eigenvalue weighted by Crippen LogP contribution is 2.14. The molecule has 0 aliphatic rings. The molecule has 1 N–H and O–H groups in total. The maximum absolute atomic E-state index is 13.2. The van der Waals surface area contributed by atoms with Gasteiger partial charge in [0.15, 0.2) is 0 Å². The molecular formula is C28H49FO3. The molecule has 1 rings (SSSR count). The molecule has 0 heterocycles. The van der Waals surface area contributed by atoms with Crippen molar-refractivity contribution in [3.05, 3.63) is 35.6 Å². The summed E-state index contributed by atoms with van der Waals surface area (Å²) in [5.41, 5.74) is 0.765. The van der Waals surface area contributed by atoms with Gasteiger partial charge in [0.05, 0.1) is 19.8 Å². The van der Waals surface area contributed by atoms with Crippen LogP contribution in [0.1, 0.15) is 115 Å². The highest BCUT2D eigenvalue weighted by atomic mass is 19.1. The third-order valence-corrected chi connectivity index (χ3v) is 6.02. The Morgan fingerprint density at radius 3 is 1.81 bits per heavy atom. The van der Waals surface area contributed by atoms with Crippen LogP contribution >= 0.6 is 0 Å². The highest BCUT2D eigenvalue weighted by Gasteiger charge is 2.08. The van der Waals surface area contributed by atoms with Crippen LogP contribution in [-0.4, -0.2) is 31.0 Å². The zero-order chi connectivity index (χ0) is 23.1. The molecule has 1 aromatic carbocycles. The van der Waals surface area contributed by atoms with Crippen LogP contribution in [0.15, 0.2) is 24.3 Å². The molecule has 0 fully saturated rings. The Labute approximate surface area is 197 Å². The van der Waals surface area contributed by atoms with Crippen LogP contribution < -0.4 is 0 Å². The SMILES string of the molecule is CCCCCCCCCCCCCCCCCCOC[C@H](CO)OCc1cccc(F)c1. The molecule has 0 amide bonds. The first-order chi connectivity index (χ1) is 15.8. The number of hydrogen-bond acceptors (Lipinski definition) is 3. The van der Waals surface area contributed by atoms with Crippen molar-refractivity contribution < 1.29 is 19.0 Å².